The van der Waals surface area contributed by atoms with Gasteiger partial charge in [-0.15, -0.1) is 0 Å². The number of hydrogen-bond acceptors (Lipinski definition) is 7. The number of pyridine rings is 1. The minimum absolute atomic E-state index is 0.0660. The first-order valence-electron chi connectivity index (χ1n) is 12.3. The SMILES string of the molecule is CC1(C)CC(=O)N(CC(CN2CCN(c3ccccn3)CC2)OC(=O)C2CCCCC2)C1=O. The molecule has 1 saturated carbocycles. The zero-order chi connectivity index (χ0) is 23.4. The molecule has 2 aliphatic heterocycles. The van der Waals surface area contributed by atoms with Crippen LogP contribution in [0.4, 0.5) is 5.82 Å². The molecule has 0 bridgehead atoms. The Labute approximate surface area is 196 Å². The molecule has 4 rings (SSSR count). The lowest BCUT2D eigenvalue weighted by atomic mass is 9.89. The average molecular weight is 457 g/mol. The second kappa shape index (κ2) is 10.2. The van der Waals surface area contributed by atoms with E-state index in [4.69, 9.17) is 4.74 Å². The van der Waals surface area contributed by atoms with Gasteiger partial charge in [0.1, 0.15) is 11.9 Å². The van der Waals surface area contributed by atoms with Crippen molar-refractivity contribution in [2.75, 3.05) is 44.2 Å². The summed E-state index contributed by atoms with van der Waals surface area (Å²) in [6.45, 7) is 7.53. The topological polar surface area (TPSA) is 83.1 Å². The second-order valence-corrected chi connectivity index (χ2v) is 10.2. The third kappa shape index (κ3) is 5.72. The number of anilines is 1. The Hall–Kier alpha value is -2.48. The lowest BCUT2D eigenvalue weighted by Gasteiger charge is -2.37. The van der Waals surface area contributed by atoms with Crippen LogP contribution in [-0.4, -0.2) is 77.9 Å². The van der Waals surface area contributed by atoms with E-state index in [1.165, 1.54) is 11.3 Å². The number of carbonyl (C=O) groups excluding carboxylic acids is 3. The fraction of sp³-hybridized carbons (Fsp3) is 0.680. The van der Waals surface area contributed by atoms with Gasteiger partial charge in [-0.2, -0.15) is 0 Å². The van der Waals surface area contributed by atoms with Crippen LogP contribution in [0, 0.1) is 11.3 Å². The van der Waals surface area contributed by atoms with Gasteiger partial charge < -0.3 is 9.64 Å². The van der Waals surface area contributed by atoms with Gasteiger partial charge in [0, 0.05) is 45.3 Å². The first-order chi connectivity index (χ1) is 15.8. The molecule has 0 N–H and O–H groups in total. The molecule has 180 valence electrons. The molecule has 8 heteroatoms. The zero-order valence-electron chi connectivity index (χ0n) is 19.9. The Balaban J connectivity index is 1.39. The summed E-state index contributed by atoms with van der Waals surface area (Å²) in [4.78, 5) is 48.5. The second-order valence-electron chi connectivity index (χ2n) is 10.2. The number of aromatic nitrogens is 1. The van der Waals surface area contributed by atoms with E-state index < -0.39 is 11.5 Å². The third-order valence-corrected chi connectivity index (χ3v) is 7.13. The standard InChI is InChI=1S/C25H36N4O4/c1-25(2)16-22(30)29(24(25)32)18-20(33-23(31)19-8-4-3-5-9-19)17-27-12-14-28(15-13-27)21-10-6-7-11-26-21/h6-7,10-11,19-20H,3-5,8-9,12-18H2,1-2H3. The maximum Gasteiger partial charge on any atom is 0.309 e. The molecular formula is C25H36N4O4. The predicted molar refractivity (Wildman–Crippen MR) is 124 cm³/mol. The van der Waals surface area contributed by atoms with E-state index in [9.17, 15) is 14.4 Å². The van der Waals surface area contributed by atoms with Crippen LogP contribution >= 0.6 is 0 Å². The third-order valence-electron chi connectivity index (χ3n) is 7.13. The van der Waals surface area contributed by atoms with Crippen molar-refractivity contribution < 1.29 is 19.1 Å². The largest absolute Gasteiger partial charge is 0.459 e. The molecule has 1 atom stereocenters. The Morgan fingerprint density at radius 1 is 1.09 bits per heavy atom. The number of ether oxygens (including phenoxy) is 1. The lowest BCUT2D eigenvalue weighted by molar-refractivity contribution is -0.160. The maximum absolute atomic E-state index is 12.9. The molecule has 3 fully saturated rings. The number of amides is 2. The van der Waals surface area contributed by atoms with Crippen molar-refractivity contribution in [2.45, 2.75) is 58.5 Å². The van der Waals surface area contributed by atoms with Crippen molar-refractivity contribution in [3.05, 3.63) is 24.4 Å². The number of nitrogens with zero attached hydrogens (tertiary/aromatic N) is 4. The van der Waals surface area contributed by atoms with Crippen LogP contribution in [0.5, 0.6) is 0 Å². The van der Waals surface area contributed by atoms with Crippen molar-refractivity contribution in [3.63, 3.8) is 0 Å². The number of carbonyl (C=O) groups is 3. The highest BCUT2D eigenvalue weighted by Gasteiger charge is 2.46. The number of hydrogen-bond donors (Lipinski definition) is 0. The predicted octanol–water partition coefficient (Wildman–Crippen LogP) is 2.48. The van der Waals surface area contributed by atoms with Crippen LogP contribution in [-0.2, 0) is 19.1 Å². The first-order valence-corrected chi connectivity index (χ1v) is 12.3. The van der Waals surface area contributed by atoms with Crippen LogP contribution in [0.1, 0.15) is 52.4 Å². The van der Waals surface area contributed by atoms with Crippen LogP contribution in [0.3, 0.4) is 0 Å². The van der Waals surface area contributed by atoms with Gasteiger partial charge in [0.2, 0.25) is 11.8 Å². The van der Waals surface area contributed by atoms with Gasteiger partial charge in [-0.25, -0.2) is 4.98 Å². The van der Waals surface area contributed by atoms with Gasteiger partial charge in [0.15, 0.2) is 0 Å². The van der Waals surface area contributed by atoms with E-state index in [2.05, 4.69) is 14.8 Å². The summed E-state index contributed by atoms with van der Waals surface area (Å²) in [5.74, 6) is 0.372. The normalized spacial score (nSPS) is 23.1. The molecule has 33 heavy (non-hydrogen) atoms. The first kappa shape index (κ1) is 23.7. The monoisotopic (exact) mass is 456 g/mol. The van der Waals surface area contributed by atoms with Crippen molar-refractivity contribution in [2.24, 2.45) is 11.3 Å². The number of piperazine rings is 1. The molecule has 2 saturated heterocycles. The molecule has 8 nitrogen and oxygen atoms in total. The van der Waals surface area contributed by atoms with Gasteiger partial charge in [-0.1, -0.05) is 39.2 Å². The summed E-state index contributed by atoms with van der Waals surface area (Å²) in [6, 6.07) is 5.91. The summed E-state index contributed by atoms with van der Waals surface area (Å²) in [5, 5.41) is 0. The number of imide groups is 1. The van der Waals surface area contributed by atoms with Gasteiger partial charge in [0.05, 0.1) is 17.9 Å². The van der Waals surface area contributed by atoms with Crippen molar-refractivity contribution in [1.29, 1.82) is 0 Å². The number of likely N-dealkylation sites (tertiary alicyclic amines) is 1. The molecule has 2 amide bonds. The molecule has 0 aromatic carbocycles. The van der Waals surface area contributed by atoms with E-state index in [-0.39, 0.29) is 36.7 Å². The fourth-order valence-electron chi connectivity index (χ4n) is 5.14. The minimum Gasteiger partial charge on any atom is -0.459 e. The highest BCUT2D eigenvalue weighted by molar-refractivity contribution is 6.05. The Morgan fingerprint density at radius 3 is 2.42 bits per heavy atom. The summed E-state index contributed by atoms with van der Waals surface area (Å²) in [6.07, 6.45) is 6.49. The van der Waals surface area contributed by atoms with Crippen LogP contribution < -0.4 is 4.90 Å². The van der Waals surface area contributed by atoms with Crippen molar-refractivity contribution in [3.8, 4) is 0 Å². The lowest BCUT2D eigenvalue weighted by Crippen LogP contribution is -2.52. The summed E-state index contributed by atoms with van der Waals surface area (Å²) < 4.78 is 5.98. The summed E-state index contributed by atoms with van der Waals surface area (Å²) >= 11 is 0. The Kier molecular flexibility index (Phi) is 7.32. The van der Waals surface area contributed by atoms with Crippen molar-refractivity contribution in [1.82, 2.24) is 14.8 Å². The smallest absolute Gasteiger partial charge is 0.309 e. The molecule has 1 aliphatic carbocycles. The summed E-state index contributed by atoms with van der Waals surface area (Å²) in [7, 11) is 0. The minimum atomic E-state index is -0.691. The van der Waals surface area contributed by atoms with Gasteiger partial charge in [-0.05, 0) is 25.0 Å². The molecule has 0 spiro atoms. The Bertz CT molecular complexity index is 845. The van der Waals surface area contributed by atoms with E-state index in [0.29, 0.717) is 6.54 Å². The highest BCUT2D eigenvalue weighted by Crippen LogP contribution is 2.32. The van der Waals surface area contributed by atoms with E-state index >= 15 is 0 Å². The maximum atomic E-state index is 12.9. The molecule has 1 aromatic rings. The van der Waals surface area contributed by atoms with Gasteiger partial charge in [-0.3, -0.25) is 24.2 Å². The average Bonchev–Trinajstić information content (AvgIpc) is 3.02. The van der Waals surface area contributed by atoms with E-state index in [1.54, 1.807) is 20.0 Å². The molecule has 3 aliphatic rings. The molecule has 1 aromatic heterocycles. The number of esters is 1. The van der Waals surface area contributed by atoms with Gasteiger partial charge >= 0.3 is 5.97 Å². The van der Waals surface area contributed by atoms with E-state index in [0.717, 1.165) is 57.7 Å². The van der Waals surface area contributed by atoms with Crippen molar-refractivity contribution >= 4 is 23.6 Å². The van der Waals surface area contributed by atoms with Crippen LogP contribution in [0.25, 0.3) is 0 Å². The molecule has 1 unspecified atom stereocenters. The Morgan fingerprint density at radius 2 is 1.82 bits per heavy atom. The molecule has 3 heterocycles. The van der Waals surface area contributed by atoms with E-state index in [1.807, 2.05) is 18.2 Å². The fourth-order valence-corrected chi connectivity index (χ4v) is 5.14. The van der Waals surface area contributed by atoms with Gasteiger partial charge in [0.25, 0.3) is 0 Å². The molecular weight excluding hydrogens is 420 g/mol. The highest BCUT2D eigenvalue weighted by atomic mass is 16.5. The zero-order valence-corrected chi connectivity index (χ0v) is 19.9. The molecule has 0 radical (unpaired) electrons. The quantitative estimate of drug-likeness (QED) is 0.460. The number of rotatable bonds is 7. The summed E-state index contributed by atoms with van der Waals surface area (Å²) in [5.41, 5.74) is -0.691. The van der Waals surface area contributed by atoms with Crippen LogP contribution in [0.2, 0.25) is 0 Å². The van der Waals surface area contributed by atoms with Crippen LogP contribution in [0.15, 0.2) is 24.4 Å².